The maximum atomic E-state index is 5.21. The molecule has 1 heterocycles. The van der Waals surface area contributed by atoms with Crippen molar-refractivity contribution in [2.45, 2.75) is 6.54 Å². The molecule has 0 N–H and O–H groups in total. The Hall–Kier alpha value is -2.00. The molecule has 3 rings (SSSR count). The smallest absolute Gasteiger partial charge is 0.0908 e. The zero-order valence-corrected chi connectivity index (χ0v) is 11.8. The van der Waals surface area contributed by atoms with Gasteiger partial charge >= 0.3 is 0 Å². The van der Waals surface area contributed by atoms with Gasteiger partial charge in [-0.1, -0.05) is 42.5 Å². The summed E-state index contributed by atoms with van der Waals surface area (Å²) in [6.45, 7) is 3.56. The highest BCUT2D eigenvalue weighted by molar-refractivity contribution is 5.76. The molecule has 1 aliphatic heterocycles. The van der Waals surface area contributed by atoms with Gasteiger partial charge in [0.25, 0.3) is 0 Å². The number of methoxy groups -OCH3 is 1. The quantitative estimate of drug-likeness (QED) is 0.828. The molecule has 0 spiro atoms. The van der Waals surface area contributed by atoms with Crippen molar-refractivity contribution in [3.8, 4) is 0 Å². The lowest BCUT2D eigenvalue weighted by Gasteiger charge is -2.21. The average Bonchev–Trinajstić information content (AvgIpc) is 2.85. The van der Waals surface area contributed by atoms with Crippen molar-refractivity contribution in [2.24, 2.45) is 0 Å². The molecule has 3 heteroatoms. The van der Waals surface area contributed by atoms with Crippen molar-refractivity contribution in [3.05, 3.63) is 60.2 Å². The fraction of sp³-hybridized carbons (Fsp3) is 0.294. The third kappa shape index (κ3) is 2.63. The summed E-state index contributed by atoms with van der Waals surface area (Å²) in [6.07, 6.45) is 0. The summed E-state index contributed by atoms with van der Waals surface area (Å²) in [6, 6.07) is 19.2. The molecular formula is C17H20N2O. The van der Waals surface area contributed by atoms with E-state index in [2.05, 4.69) is 64.4 Å². The van der Waals surface area contributed by atoms with E-state index in [9.17, 15) is 0 Å². The molecule has 0 unspecified atom stereocenters. The number of para-hydroxylation sites is 2. The molecule has 104 valence electrons. The van der Waals surface area contributed by atoms with Gasteiger partial charge in [0, 0.05) is 20.2 Å². The van der Waals surface area contributed by atoms with Crippen molar-refractivity contribution in [1.82, 2.24) is 0 Å². The first-order chi connectivity index (χ1) is 9.88. The van der Waals surface area contributed by atoms with Crippen LogP contribution >= 0.6 is 0 Å². The Morgan fingerprint density at radius 1 is 0.900 bits per heavy atom. The van der Waals surface area contributed by atoms with Crippen LogP contribution in [0.25, 0.3) is 0 Å². The number of rotatable bonds is 5. The highest BCUT2D eigenvalue weighted by Gasteiger charge is 2.24. The highest BCUT2D eigenvalue weighted by Crippen LogP contribution is 2.36. The highest BCUT2D eigenvalue weighted by atomic mass is 16.5. The molecule has 2 aromatic rings. The Balaban J connectivity index is 1.80. The maximum absolute atomic E-state index is 5.21. The largest absolute Gasteiger partial charge is 0.383 e. The molecule has 1 aliphatic rings. The van der Waals surface area contributed by atoms with E-state index >= 15 is 0 Å². The van der Waals surface area contributed by atoms with Crippen LogP contribution < -0.4 is 9.80 Å². The fourth-order valence-electron chi connectivity index (χ4n) is 2.69. The summed E-state index contributed by atoms with van der Waals surface area (Å²) >= 11 is 0. The van der Waals surface area contributed by atoms with Crippen molar-refractivity contribution in [1.29, 1.82) is 0 Å². The Labute approximate surface area is 120 Å². The normalized spacial score (nSPS) is 13.7. The van der Waals surface area contributed by atoms with Gasteiger partial charge < -0.3 is 14.5 Å². The molecule has 0 fully saturated rings. The van der Waals surface area contributed by atoms with Gasteiger partial charge in [-0.3, -0.25) is 0 Å². The van der Waals surface area contributed by atoms with Crippen molar-refractivity contribution in [2.75, 3.05) is 36.7 Å². The summed E-state index contributed by atoms with van der Waals surface area (Å²) < 4.78 is 5.21. The molecule has 3 nitrogen and oxygen atoms in total. The summed E-state index contributed by atoms with van der Waals surface area (Å²) in [5, 5.41) is 0. The average molecular weight is 268 g/mol. The van der Waals surface area contributed by atoms with Crippen LogP contribution in [0.2, 0.25) is 0 Å². The Kier molecular flexibility index (Phi) is 3.88. The fourth-order valence-corrected chi connectivity index (χ4v) is 2.69. The van der Waals surface area contributed by atoms with E-state index in [-0.39, 0.29) is 0 Å². The zero-order valence-electron chi connectivity index (χ0n) is 11.8. The first-order valence-electron chi connectivity index (χ1n) is 7.00. The molecule has 0 amide bonds. The van der Waals surface area contributed by atoms with E-state index in [0.717, 1.165) is 26.4 Å². The minimum atomic E-state index is 0.757. The van der Waals surface area contributed by atoms with Gasteiger partial charge in [-0.15, -0.1) is 0 Å². The topological polar surface area (TPSA) is 15.7 Å². The molecule has 0 saturated carbocycles. The number of fused-ring (bicyclic) bond motifs is 1. The van der Waals surface area contributed by atoms with Crippen LogP contribution in [0.1, 0.15) is 5.56 Å². The second-order valence-corrected chi connectivity index (χ2v) is 5.07. The maximum Gasteiger partial charge on any atom is 0.0908 e. The lowest BCUT2D eigenvalue weighted by Crippen LogP contribution is -2.32. The number of nitrogens with zero attached hydrogens (tertiary/aromatic N) is 2. The Morgan fingerprint density at radius 3 is 2.25 bits per heavy atom. The molecule has 0 radical (unpaired) electrons. The van der Waals surface area contributed by atoms with Crippen LogP contribution in [-0.2, 0) is 11.3 Å². The Morgan fingerprint density at radius 2 is 1.55 bits per heavy atom. The first-order valence-corrected chi connectivity index (χ1v) is 7.00. The summed E-state index contributed by atoms with van der Waals surface area (Å²) in [4.78, 5) is 4.79. The van der Waals surface area contributed by atoms with Gasteiger partial charge in [-0.05, 0) is 17.7 Å². The van der Waals surface area contributed by atoms with E-state index in [1.807, 2.05) is 0 Å². The number of benzene rings is 2. The van der Waals surface area contributed by atoms with Crippen molar-refractivity contribution in [3.63, 3.8) is 0 Å². The summed E-state index contributed by atoms with van der Waals surface area (Å²) in [5.74, 6) is 0. The van der Waals surface area contributed by atoms with Crippen LogP contribution in [0.4, 0.5) is 11.4 Å². The second kappa shape index (κ2) is 5.97. The van der Waals surface area contributed by atoms with Crippen LogP contribution in [0.5, 0.6) is 0 Å². The molecule has 20 heavy (non-hydrogen) atoms. The van der Waals surface area contributed by atoms with E-state index < -0.39 is 0 Å². The molecule has 0 saturated heterocycles. The Bertz CT molecular complexity index is 556. The van der Waals surface area contributed by atoms with Gasteiger partial charge in [-0.25, -0.2) is 0 Å². The van der Waals surface area contributed by atoms with Crippen LogP contribution in [-0.4, -0.2) is 26.9 Å². The SMILES string of the molecule is COCCN1CN(Cc2ccccc2)c2ccccc21. The molecule has 0 bridgehead atoms. The predicted molar refractivity (Wildman–Crippen MR) is 83.2 cm³/mol. The summed E-state index contributed by atoms with van der Waals surface area (Å²) in [5.41, 5.74) is 3.96. The van der Waals surface area contributed by atoms with Gasteiger partial charge in [0.15, 0.2) is 0 Å². The second-order valence-electron chi connectivity index (χ2n) is 5.07. The van der Waals surface area contributed by atoms with Crippen molar-refractivity contribution >= 4 is 11.4 Å². The van der Waals surface area contributed by atoms with Crippen LogP contribution in [0.15, 0.2) is 54.6 Å². The van der Waals surface area contributed by atoms with Gasteiger partial charge in [-0.2, -0.15) is 0 Å². The molecule has 0 aliphatic carbocycles. The predicted octanol–water partition coefficient (Wildman–Crippen LogP) is 3.12. The standard InChI is InChI=1S/C17H20N2O/c1-20-12-11-18-14-19(13-15-7-3-2-4-8-15)17-10-6-5-9-16(17)18/h2-10H,11-14H2,1H3. The van der Waals surface area contributed by atoms with Gasteiger partial charge in [0.1, 0.15) is 0 Å². The van der Waals surface area contributed by atoms with Gasteiger partial charge in [0.2, 0.25) is 0 Å². The lowest BCUT2D eigenvalue weighted by molar-refractivity contribution is 0.205. The molecule has 0 atom stereocenters. The minimum Gasteiger partial charge on any atom is -0.383 e. The van der Waals surface area contributed by atoms with E-state index in [1.165, 1.54) is 16.9 Å². The van der Waals surface area contributed by atoms with Crippen LogP contribution in [0, 0.1) is 0 Å². The number of hydrogen-bond acceptors (Lipinski definition) is 3. The zero-order chi connectivity index (χ0) is 13.8. The van der Waals surface area contributed by atoms with E-state index in [4.69, 9.17) is 4.74 Å². The van der Waals surface area contributed by atoms with E-state index in [1.54, 1.807) is 7.11 Å². The first kappa shape index (κ1) is 13.0. The number of anilines is 2. The van der Waals surface area contributed by atoms with Gasteiger partial charge in [0.05, 0.1) is 24.7 Å². The minimum absolute atomic E-state index is 0.757. The number of hydrogen-bond donors (Lipinski definition) is 0. The van der Waals surface area contributed by atoms with Crippen LogP contribution in [0.3, 0.4) is 0 Å². The molecule has 2 aromatic carbocycles. The third-order valence-electron chi connectivity index (χ3n) is 3.69. The van der Waals surface area contributed by atoms with Crippen molar-refractivity contribution < 1.29 is 4.74 Å². The van der Waals surface area contributed by atoms with E-state index in [0.29, 0.717) is 0 Å². The number of ether oxygens (including phenoxy) is 1. The molecule has 0 aromatic heterocycles. The third-order valence-corrected chi connectivity index (χ3v) is 3.69. The monoisotopic (exact) mass is 268 g/mol. The lowest BCUT2D eigenvalue weighted by atomic mass is 10.2. The molecular weight excluding hydrogens is 248 g/mol. The summed E-state index contributed by atoms with van der Waals surface area (Å²) in [7, 11) is 1.75.